The molecule has 0 atom stereocenters. The van der Waals surface area contributed by atoms with E-state index in [0.717, 1.165) is 34.2 Å². The Kier molecular flexibility index (Phi) is 5.78. The highest BCUT2D eigenvalue weighted by atomic mass is 79.9. The van der Waals surface area contributed by atoms with Gasteiger partial charge in [0.05, 0.1) is 26.6 Å². The molecule has 1 aromatic heterocycles. The van der Waals surface area contributed by atoms with E-state index in [1.54, 1.807) is 11.0 Å². The van der Waals surface area contributed by atoms with Crippen molar-refractivity contribution in [3.8, 4) is 0 Å². The number of sulfone groups is 1. The van der Waals surface area contributed by atoms with Gasteiger partial charge < -0.3 is 10.2 Å². The quantitative estimate of drug-likeness (QED) is 0.491. The van der Waals surface area contributed by atoms with Crippen molar-refractivity contribution in [2.24, 2.45) is 5.92 Å². The van der Waals surface area contributed by atoms with Crippen LogP contribution < -0.4 is 10.2 Å². The van der Waals surface area contributed by atoms with Crippen molar-refractivity contribution in [3.63, 3.8) is 0 Å². The molecule has 1 aliphatic heterocycles. The van der Waals surface area contributed by atoms with Gasteiger partial charge in [0.25, 0.3) is 0 Å². The standard InChI is InChI=1S/C23H22BrN3O4S2/c1-13-2-5-17-18(10-13)32-23(25-17)26-20(28)7-9-33(30,31)19-12-16(24)11-15-6-8-27(21(15)19)22(29)14-3-4-14/h2,5,10-12,14H,3-4,6-9H2,1H3,(H,25,26,28). The third-order valence-electron chi connectivity index (χ3n) is 5.91. The second-order valence-corrected chi connectivity index (χ2v) is 12.6. The van der Waals surface area contributed by atoms with Gasteiger partial charge in [-0.15, -0.1) is 0 Å². The number of hydrogen-bond acceptors (Lipinski definition) is 6. The van der Waals surface area contributed by atoms with Gasteiger partial charge in [0.1, 0.15) is 0 Å². The summed E-state index contributed by atoms with van der Waals surface area (Å²) in [6, 6.07) is 9.25. The lowest BCUT2D eigenvalue weighted by Gasteiger charge is -2.20. The maximum absolute atomic E-state index is 13.3. The number of benzene rings is 2. The fraction of sp³-hybridized carbons (Fsp3) is 0.348. The first-order valence-electron chi connectivity index (χ1n) is 10.7. The van der Waals surface area contributed by atoms with Crippen LogP contribution in [0.4, 0.5) is 10.8 Å². The summed E-state index contributed by atoms with van der Waals surface area (Å²) in [4.78, 5) is 31.4. The average Bonchev–Trinajstić information content (AvgIpc) is 3.41. The second kappa shape index (κ2) is 8.48. The lowest BCUT2D eigenvalue weighted by atomic mass is 10.2. The molecule has 7 nitrogen and oxygen atoms in total. The van der Waals surface area contributed by atoms with Crippen LogP contribution in [0.2, 0.25) is 0 Å². The number of thiazole rings is 1. The molecule has 0 unspecified atom stereocenters. The Labute approximate surface area is 204 Å². The molecule has 1 saturated carbocycles. The van der Waals surface area contributed by atoms with Gasteiger partial charge in [-0.1, -0.05) is 33.3 Å². The maximum atomic E-state index is 13.3. The van der Waals surface area contributed by atoms with Crippen LogP contribution in [-0.2, 0) is 25.8 Å². The van der Waals surface area contributed by atoms with Crippen molar-refractivity contribution in [3.05, 3.63) is 45.9 Å². The van der Waals surface area contributed by atoms with Gasteiger partial charge in [-0.3, -0.25) is 9.59 Å². The normalized spacial score (nSPS) is 15.6. The first-order chi connectivity index (χ1) is 15.7. The second-order valence-electron chi connectivity index (χ2n) is 8.53. The molecule has 0 radical (unpaired) electrons. The van der Waals surface area contributed by atoms with Crippen LogP contribution in [0.3, 0.4) is 0 Å². The Bertz CT molecular complexity index is 1400. The minimum Gasteiger partial charge on any atom is -0.310 e. The number of fused-ring (bicyclic) bond motifs is 2. The van der Waals surface area contributed by atoms with E-state index in [4.69, 9.17) is 0 Å². The largest absolute Gasteiger partial charge is 0.310 e. The number of rotatable bonds is 6. The number of aryl methyl sites for hydroxylation is 1. The Morgan fingerprint density at radius 3 is 2.79 bits per heavy atom. The van der Waals surface area contributed by atoms with Gasteiger partial charge in [0.15, 0.2) is 15.0 Å². The van der Waals surface area contributed by atoms with Crippen molar-refractivity contribution in [1.82, 2.24) is 4.98 Å². The molecular formula is C23H22BrN3O4S2. The van der Waals surface area contributed by atoms with Crippen molar-refractivity contribution in [2.45, 2.75) is 37.5 Å². The number of halogens is 1. The Hall–Kier alpha value is -2.30. The predicted octanol–water partition coefficient (Wildman–Crippen LogP) is 4.47. The van der Waals surface area contributed by atoms with E-state index in [0.29, 0.717) is 28.3 Å². The zero-order valence-corrected chi connectivity index (χ0v) is 21.1. The zero-order valence-electron chi connectivity index (χ0n) is 17.9. The van der Waals surface area contributed by atoms with Gasteiger partial charge in [-0.05, 0) is 61.6 Å². The van der Waals surface area contributed by atoms with E-state index in [1.807, 2.05) is 31.2 Å². The van der Waals surface area contributed by atoms with E-state index in [2.05, 4.69) is 26.2 Å². The molecule has 2 aromatic carbocycles. The molecule has 2 amide bonds. The highest BCUT2D eigenvalue weighted by molar-refractivity contribution is 9.10. The topological polar surface area (TPSA) is 96.4 Å². The minimum atomic E-state index is -3.80. The molecule has 10 heteroatoms. The number of amides is 2. The summed E-state index contributed by atoms with van der Waals surface area (Å²) in [5.74, 6) is -0.765. The van der Waals surface area contributed by atoms with E-state index in [-0.39, 0.29) is 28.9 Å². The smallest absolute Gasteiger partial charge is 0.230 e. The predicted molar refractivity (Wildman–Crippen MR) is 133 cm³/mol. The third-order valence-corrected chi connectivity index (χ3v) is 9.02. The number of aromatic nitrogens is 1. The van der Waals surface area contributed by atoms with Crippen LogP contribution in [0.5, 0.6) is 0 Å². The zero-order chi connectivity index (χ0) is 23.3. The van der Waals surface area contributed by atoms with E-state index in [9.17, 15) is 18.0 Å². The first-order valence-corrected chi connectivity index (χ1v) is 14.0. The summed E-state index contributed by atoms with van der Waals surface area (Å²) in [6.07, 6.45) is 2.13. The lowest BCUT2D eigenvalue weighted by Crippen LogP contribution is -2.31. The Morgan fingerprint density at radius 1 is 1.24 bits per heavy atom. The Balaban J connectivity index is 1.33. The fourth-order valence-corrected chi connectivity index (χ4v) is 7.23. The summed E-state index contributed by atoms with van der Waals surface area (Å²) in [5.41, 5.74) is 3.22. The van der Waals surface area contributed by atoms with Crippen LogP contribution in [0, 0.1) is 12.8 Å². The van der Waals surface area contributed by atoms with Crippen molar-refractivity contribution < 1.29 is 18.0 Å². The highest BCUT2D eigenvalue weighted by Crippen LogP contribution is 2.41. The average molecular weight is 548 g/mol. The molecule has 1 N–H and O–H groups in total. The number of carbonyl (C=O) groups excluding carboxylic acids is 2. The molecule has 172 valence electrons. The lowest BCUT2D eigenvalue weighted by molar-refractivity contribution is -0.119. The van der Waals surface area contributed by atoms with E-state index < -0.39 is 15.7 Å². The first kappa shape index (κ1) is 22.5. The summed E-state index contributed by atoms with van der Waals surface area (Å²) in [5, 5.41) is 3.17. The highest BCUT2D eigenvalue weighted by Gasteiger charge is 2.39. The molecule has 2 heterocycles. The number of nitrogens with one attached hydrogen (secondary N) is 1. The maximum Gasteiger partial charge on any atom is 0.230 e. The molecule has 1 aliphatic carbocycles. The van der Waals surface area contributed by atoms with Crippen LogP contribution in [0.15, 0.2) is 39.7 Å². The number of nitrogens with zero attached hydrogens (tertiary/aromatic N) is 2. The molecule has 1 fully saturated rings. The van der Waals surface area contributed by atoms with Gasteiger partial charge in [-0.25, -0.2) is 13.4 Å². The van der Waals surface area contributed by atoms with E-state index in [1.165, 1.54) is 11.3 Å². The van der Waals surface area contributed by atoms with Crippen molar-refractivity contribution in [2.75, 3.05) is 22.5 Å². The molecule has 2 aliphatic rings. The van der Waals surface area contributed by atoms with Gasteiger partial charge in [0, 0.05) is 23.4 Å². The molecule has 5 rings (SSSR count). The molecule has 0 bridgehead atoms. The summed E-state index contributed by atoms with van der Waals surface area (Å²) >= 11 is 4.76. The number of hydrogen-bond donors (Lipinski definition) is 1. The number of carbonyl (C=O) groups is 2. The van der Waals surface area contributed by atoms with Crippen molar-refractivity contribution >= 4 is 70.0 Å². The van der Waals surface area contributed by atoms with Crippen molar-refractivity contribution in [1.29, 1.82) is 0 Å². The Morgan fingerprint density at radius 2 is 2.03 bits per heavy atom. The van der Waals surface area contributed by atoms with Crippen LogP contribution in [0.25, 0.3) is 10.2 Å². The molecule has 0 spiro atoms. The molecule has 33 heavy (non-hydrogen) atoms. The molecular weight excluding hydrogens is 526 g/mol. The molecule has 3 aromatic rings. The summed E-state index contributed by atoms with van der Waals surface area (Å²) in [7, 11) is -3.80. The molecule has 0 saturated heterocycles. The van der Waals surface area contributed by atoms with Gasteiger partial charge >= 0.3 is 0 Å². The van der Waals surface area contributed by atoms with Crippen LogP contribution in [0.1, 0.15) is 30.4 Å². The number of anilines is 2. The van der Waals surface area contributed by atoms with Crippen LogP contribution >= 0.6 is 27.3 Å². The van der Waals surface area contributed by atoms with Gasteiger partial charge in [-0.2, -0.15) is 0 Å². The summed E-state index contributed by atoms with van der Waals surface area (Å²) in [6.45, 7) is 2.47. The monoisotopic (exact) mass is 547 g/mol. The minimum absolute atomic E-state index is 0.00137. The fourth-order valence-electron chi connectivity index (χ4n) is 4.08. The summed E-state index contributed by atoms with van der Waals surface area (Å²) < 4.78 is 28.2. The van der Waals surface area contributed by atoms with E-state index >= 15 is 0 Å². The SMILES string of the molecule is Cc1ccc2nc(NC(=O)CCS(=O)(=O)c3cc(Br)cc4c3N(C(=O)C3CC3)CC4)sc2c1. The van der Waals surface area contributed by atoms with Gasteiger partial charge in [0.2, 0.25) is 11.8 Å². The third kappa shape index (κ3) is 4.56. The van der Waals surface area contributed by atoms with Crippen LogP contribution in [-0.4, -0.2) is 37.5 Å².